The molecule has 1 atom stereocenters. The zero-order chi connectivity index (χ0) is 18.0. The fourth-order valence-electron chi connectivity index (χ4n) is 2.02. The van der Waals surface area contributed by atoms with Crippen molar-refractivity contribution in [3.05, 3.63) is 38.8 Å². The molecular formula is C14H12N2O7S. The zero-order valence-corrected chi connectivity index (χ0v) is 13.4. The number of phenols is 1. The van der Waals surface area contributed by atoms with E-state index in [1.807, 2.05) is 0 Å². The number of aromatic hydroxyl groups is 1. The van der Waals surface area contributed by atoms with Gasteiger partial charge in [-0.15, -0.1) is 0 Å². The highest BCUT2D eigenvalue weighted by atomic mass is 32.2. The topological polar surface area (TPSA) is 127 Å². The van der Waals surface area contributed by atoms with Crippen LogP contribution in [0.5, 0.6) is 5.75 Å². The molecule has 0 saturated carbocycles. The van der Waals surface area contributed by atoms with Gasteiger partial charge in [0.2, 0.25) is 0 Å². The molecule has 10 heteroatoms. The first kappa shape index (κ1) is 17.5. The molecule has 0 bridgehead atoms. The van der Waals surface area contributed by atoms with Gasteiger partial charge >= 0.3 is 11.7 Å². The lowest BCUT2D eigenvalue weighted by Crippen LogP contribution is -2.42. The van der Waals surface area contributed by atoms with E-state index in [1.54, 1.807) is 0 Å². The van der Waals surface area contributed by atoms with E-state index < -0.39 is 39.5 Å². The molecule has 1 fully saturated rings. The third-order valence-electron chi connectivity index (χ3n) is 3.25. The molecule has 1 aromatic rings. The molecule has 0 radical (unpaired) electrons. The number of amides is 2. The maximum atomic E-state index is 12.3. The number of thioether (sulfide) groups is 1. The summed E-state index contributed by atoms with van der Waals surface area (Å²) in [5.74, 6) is -1.94. The van der Waals surface area contributed by atoms with Crippen LogP contribution in [0.4, 0.5) is 10.5 Å². The Balaban J connectivity index is 2.34. The second-order valence-electron chi connectivity index (χ2n) is 4.76. The molecule has 1 N–H and O–H groups in total. The molecule has 1 heterocycles. The van der Waals surface area contributed by atoms with Gasteiger partial charge in [0.15, 0.2) is 5.75 Å². The number of rotatable bonds is 4. The fraction of sp³-hybridized carbons (Fsp3) is 0.214. The summed E-state index contributed by atoms with van der Waals surface area (Å²) in [6, 6.07) is 2.47. The lowest BCUT2D eigenvalue weighted by molar-refractivity contribution is -0.385. The van der Waals surface area contributed by atoms with Gasteiger partial charge in [0.25, 0.3) is 11.1 Å². The Morgan fingerprint density at radius 2 is 2.12 bits per heavy atom. The molecule has 1 aromatic carbocycles. The largest absolute Gasteiger partial charge is 0.502 e. The molecule has 1 aliphatic rings. The first-order valence-corrected chi connectivity index (χ1v) is 7.40. The summed E-state index contributed by atoms with van der Waals surface area (Å²) in [5, 5.41) is 19.6. The number of benzene rings is 1. The SMILES string of the molecule is COC(=O)[C@H](C)N1C(=O)S/C(=C\c2ccc(O)c([N+](=O)[O-])c2)C1=O. The third-order valence-corrected chi connectivity index (χ3v) is 4.13. The average molecular weight is 352 g/mol. The highest BCUT2D eigenvalue weighted by Gasteiger charge is 2.41. The number of phenolic OH excluding ortho intramolecular Hbond substituents is 1. The number of nitrogens with zero attached hydrogens (tertiary/aromatic N) is 2. The Labute approximate surface area is 140 Å². The van der Waals surface area contributed by atoms with Crippen LogP contribution in [0.15, 0.2) is 23.1 Å². The van der Waals surface area contributed by atoms with Gasteiger partial charge < -0.3 is 9.84 Å². The average Bonchev–Trinajstić information content (AvgIpc) is 2.81. The minimum atomic E-state index is -1.08. The predicted molar refractivity (Wildman–Crippen MR) is 84.0 cm³/mol. The van der Waals surface area contributed by atoms with E-state index in [-0.39, 0.29) is 10.5 Å². The molecular weight excluding hydrogens is 340 g/mol. The van der Waals surface area contributed by atoms with Crippen molar-refractivity contribution >= 4 is 40.6 Å². The number of hydrogen-bond donors (Lipinski definition) is 1. The Bertz CT molecular complexity index is 774. The minimum Gasteiger partial charge on any atom is -0.502 e. The van der Waals surface area contributed by atoms with Gasteiger partial charge in [0.1, 0.15) is 6.04 Å². The lowest BCUT2D eigenvalue weighted by Gasteiger charge is -2.18. The van der Waals surface area contributed by atoms with Crippen LogP contribution in [0.2, 0.25) is 0 Å². The summed E-state index contributed by atoms with van der Waals surface area (Å²) in [4.78, 5) is 46.6. The summed E-state index contributed by atoms with van der Waals surface area (Å²) in [7, 11) is 1.14. The molecule has 0 aliphatic carbocycles. The molecule has 0 aromatic heterocycles. The Kier molecular flexibility index (Phi) is 4.88. The lowest BCUT2D eigenvalue weighted by atomic mass is 10.1. The summed E-state index contributed by atoms with van der Waals surface area (Å²) in [6.45, 7) is 1.36. The highest BCUT2D eigenvalue weighted by molar-refractivity contribution is 8.18. The minimum absolute atomic E-state index is 0.00995. The number of nitro benzene ring substituents is 1. The van der Waals surface area contributed by atoms with E-state index in [0.29, 0.717) is 11.8 Å². The van der Waals surface area contributed by atoms with Crippen LogP contribution in [0.1, 0.15) is 12.5 Å². The van der Waals surface area contributed by atoms with Crippen LogP contribution in [-0.4, -0.2) is 45.2 Å². The smallest absolute Gasteiger partial charge is 0.328 e. The molecule has 2 rings (SSSR count). The number of ether oxygens (including phenoxy) is 1. The maximum absolute atomic E-state index is 12.3. The van der Waals surface area contributed by atoms with Gasteiger partial charge in [0, 0.05) is 6.07 Å². The van der Waals surface area contributed by atoms with E-state index in [0.717, 1.165) is 24.1 Å². The molecule has 2 amide bonds. The van der Waals surface area contributed by atoms with Crippen molar-refractivity contribution in [3.63, 3.8) is 0 Å². The van der Waals surface area contributed by atoms with Crippen molar-refractivity contribution in [2.24, 2.45) is 0 Å². The maximum Gasteiger partial charge on any atom is 0.328 e. The van der Waals surface area contributed by atoms with Gasteiger partial charge in [-0.2, -0.15) is 0 Å². The number of hydrogen-bond acceptors (Lipinski definition) is 8. The van der Waals surface area contributed by atoms with Crippen LogP contribution in [0, 0.1) is 10.1 Å². The Morgan fingerprint density at radius 1 is 1.46 bits per heavy atom. The summed E-state index contributed by atoms with van der Waals surface area (Å²) in [5.41, 5.74) is -0.262. The van der Waals surface area contributed by atoms with Crippen molar-refractivity contribution in [1.29, 1.82) is 0 Å². The number of imide groups is 1. The molecule has 24 heavy (non-hydrogen) atoms. The van der Waals surface area contributed by atoms with E-state index in [1.165, 1.54) is 19.1 Å². The van der Waals surface area contributed by atoms with E-state index in [9.17, 15) is 29.6 Å². The quantitative estimate of drug-likeness (QED) is 0.377. The molecule has 9 nitrogen and oxygen atoms in total. The van der Waals surface area contributed by atoms with Crippen molar-refractivity contribution < 1.29 is 29.2 Å². The predicted octanol–water partition coefficient (Wildman–Crippen LogP) is 1.90. The number of carbonyl (C=O) groups is 3. The zero-order valence-electron chi connectivity index (χ0n) is 12.6. The van der Waals surface area contributed by atoms with Crippen molar-refractivity contribution in [2.75, 3.05) is 7.11 Å². The summed E-state index contributed by atoms with van der Waals surface area (Å²) < 4.78 is 4.51. The third kappa shape index (κ3) is 3.23. The van der Waals surface area contributed by atoms with Crippen LogP contribution in [0.3, 0.4) is 0 Å². The molecule has 1 aliphatic heterocycles. The summed E-state index contributed by atoms with van der Waals surface area (Å²) in [6.07, 6.45) is 1.28. The number of methoxy groups -OCH3 is 1. The van der Waals surface area contributed by atoms with Crippen molar-refractivity contribution in [2.45, 2.75) is 13.0 Å². The second-order valence-corrected chi connectivity index (χ2v) is 5.75. The van der Waals surface area contributed by atoms with Crippen LogP contribution >= 0.6 is 11.8 Å². The number of nitro groups is 1. The number of carbonyl (C=O) groups excluding carboxylic acids is 3. The molecule has 0 unspecified atom stereocenters. The van der Waals surface area contributed by atoms with Gasteiger partial charge in [-0.1, -0.05) is 6.07 Å². The van der Waals surface area contributed by atoms with Crippen molar-refractivity contribution in [3.8, 4) is 5.75 Å². The number of esters is 1. The highest BCUT2D eigenvalue weighted by Crippen LogP contribution is 2.35. The molecule has 126 valence electrons. The molecule has 0 spiro atoms. The van der Waals surface area contributed by atoms with E-state index in [4.69, 9.17) is 0 Å². The van der Waals surface area contributed by atoms with Gasteiger partial charge in [-0.05, 0) is 36.4 Å². The second kappa shape index (κ2) is 6.71. The van der Waals surface area contributed by atoms with Gasteiger partial charge in [0.05, 0.1) is 16.9 Å². The molecule has 1 saturated heterocycles. The van der Waals surface area contributed by atoms with Crippen molar-refractivity contribution in [1.82, 2.24) is 4.90 Å². The van der Waals surface area contributed by atoms with E-state index >= 15 is 0 Å². The standard InChI is InChI=1S/C14H12N2O7S/c1-7(13(19)23-2)15-12(18)11(24-14(15)20)6-8-3-4-10(17)9(5-8)16(21)22/h3-7,17H,1-2H3/b11-6-/t7-/m0/s1. The summed E-state index contributed by atoms with van der Waals surface area (Å²) >= 11 is 0.610. The first-order valence-electron chi connectivity index (χ1n) is 6.58. The monoisotopic (exact) mass is 352 g/mol. The van der Waals surface area contributed by atoms with Gasteiger partial charge in [-0.25, -0.2) is 4.79 Å². The van der Waals surface area contributed by atoms with Gasteiger partial charge in [-0.3, -0.25) is 24.6 Å². The normalized spacial score (nSPS) is 17.2. The van der Waals surface area contributed by atoms with Crippen LogP contribution in [-0.2, 0) is 14.3 Å². The Hall–Kier alpha value is -2.88. The first-order chi connectivity index (χ1) is 11.3. The fourth-order valence-corrected chi connectivity index (χ4v) is 2.93. The Morgan fingerprint density at radius 3 is 2.71 bits per heavy atom. The van der Waals surface area contributed by atoms with Crippen LogP contribution in [0.25, 0.3) is 6.08 Å². The van der Waals surface area contributed by atoms with E-state index in [2.05, 4.69) is 4.74 Å². The van der Waals surface area contributed by atoms with Crippen LogP contribution < -0.4 is 0 Å².